The number of hydrogen-bond donors (Lipinski definition) is 1. The highest BCUT2D eigenvalue weighted by atomic mass is 16.7. The first-order valence-electron chi connectivity index (χ1n) is 9.28. The van der Waals surface area contributed by atoms with Crippen LogP contribution in [-0.2, 0) is 9.31 Å². The van der Waals surface area contributed by atoms with Crippen molar-refractivity contribution in [2.45, 2.75) is 38.9 Å². The summed E-state index contributed by atoms with van der Waals surface area (Å²) in [7, 11) is 1.01. The molecule has 0 spiro atoms. The van der Waals surface area contributed by atoms with Gasteiger partial charge in [-0.3, -0.25) is 0 Å². The molecule has 0 saturated carbocycles. The SMILES string of the molecule is COc1cc2ncnc(Oc3ccc(N)cn3)c2cc1B1OC(C)(C)C(C)(C)O1. The number of rotatable bonds is 4. The van der Waals surface area contributed by atoms with Crippen molar-refractivity contribution in [1.29, 1.82) is 0 Å². The summed E-state index contributed by atoms with van der Waals surface area (Å²) < 4.78 is 23.9. The summed E-state index contributed by atoms with van der Waals surface area (Å²) in [5.41, 5.74) is 6.70. The van der Waals surface area contributed by atoms with Crippen LogP contribution in [0.25, 0.3) is 10.9 Å². The van der Waals surface area contributed by atoms with Crippen LogP contribution in [-0.4, -0.2) is 40.4 Å². The number of benzene rings is 1. The maximum atomic E-state index is 6.20. The zero-order valence-electron chi connectivity index (χ0n) is 17.1. The van der Waals surface area contributed by atoms with E-state index in [1.165, 1.54) is 12.5 Å². The van der Waals surface area contributed by atoms with E-state index in [0.29, 0.717) is 34.1 Å². The summed E-state index contributed by atoms with van der Waals surface area (Å²) in [6.45, 7) is 8.02. The summed E-state index contributed by atoms with van der Waals surface area (Å²) in [5, 5.41) is 0.691. The number of nitrogens with two attached hydrogens (primary N) is 1. The van der Waals surface area contributed by atoms with E-state index in [0.717, 1.165) is 5.46 Å². The third-order valence-corrected chi connectivity index (χ3v) is 5.42. The maximum Gasteiger partial charge on any atom is 0.498 e. The molecule has 0 bridgehead atoms. The van der Waals surface area contributed by atoms with Crippen LogP contribution < -0.4 is 20.7 Å². The minimum Gasteiger partial charge on any atom is -0.497 e. The van der Waals surface area contributed by atoms with Gasteiger partial charge in [-0.2, -0.15) is 0 Å². The lowest BCUT2D eigenvalue weighted by Crippen LogP contribution is -2.41. The van der Waals surface area contributed by atoms with Gasteiger partial charge in [-0.05, 0) is 39.8 Å². The summed E-state index contributed by atoms with van der Waals surface area (Å²) in [6.07, 6.45) is 2.96. The summed E-state index contributed by atoms with van der Waals surface area (Å²) in [5.74, 6) is 1.37. The van der Waals surface area contributed by atoms with E-state index >= 15 is 0 Å². The Hall–Kier alpha value is -2.91. The summed E-state index contributed by atoms with van der Waals surface area (Å²) >= 11 is 0. The van der Waals surface area contributed by atoms with Crippen molar-refractivity contribution < 1.29 is 18.8 Å². The van der Waals surface area contributed by atoms with Gasteiger partial charge in [0, 0.05) is 17.6 Å². The summed E-state index contributed by atoms with van der Waals surface area (Å²) in [6, 6.07) is 7.09. The Balaban J connectivity index is 1.78. The Morgan fingerprint density at radius 2 is 1.72 bits per heavy atom. The van der Waals surface area contributed by atoms with E-state index in [2.05, 4.69) is 15.0 Å². The molecule has 150 valence electrons. The number of ether oxygens (including phenoxy) is 2. The fraction of sp³-hybridized carbons (Fsp3) is 0.350. The van der Waals surface area contributed by atoms with Gasteiger partial charge in [0.25, 0.3) is 0 Å². The molecule has 4 rings (SSSR count). The highest BCUT2D eigenvalue weighted by Crippen LogP contribution is 2.38. The standard InChI is InChI=1S/C20H23BN4O4/c1-19(2)20(3,4)29-21(28-19)14-8-13-15(9-16(14)26-5)24-11-25-18(13)27-17-7-6-12(22)10-23-17/h6-11H,22H2,1-5H3. The second kappa shape index (κ2) is 6.86. The van der Waals surface area contributed by atoms with Crippen LogP contribution >= 0.6 is 0 Å². The molecule has 3 heterocycles. The maximum absolute atomic E-state index is 6.20. The smallest absolute Gasteiger partial charge is 0.497 e. The van der Waals surface area contributed by atoms with Crippen molar-refractivity contribution in [1.82, 2.24) is 15.0 Å². The molecule has 1 aromatic carbocycles. The lowest BCUT2D eigenvalue weighted by atomic mass is 9.77. The van der Waals surface area contributed by atoms with Gasteiger partial charge in [0.15, 0.2) is 0 Å². The Labute approximate surface area is 169 Å². The predicted molar refractivity (Wildman–Crippen MR) is 111 cm³/mol. The van der Waals surface area contributed by atoms with E-state index in [9.17, 15) is 0 Å². The lowest BCUT2D eigenvalue weighted by molar-refractivity contribution is 0.00578. The van der Waals surface area contributed by atoms with E-state index in [1.807, 2.05) is 39.8 Å². The molecule has 1 aliphatic rings. The third-order valence-electron chi connectivity index (χ3n) is 5.42. The van der Waals surface area contributed by atoms with Crippen LogP contribution in [0.15, 0.2) is 36.8 Å². The highest BCUT2D eigenvalue weighted by Gasteiger charge is 2.52. The largest absolute Gasteiger partial charge is 0.498 e. The Bertz CT molecular complexity index is 1040. The van der Waals surface area contributed by atoms with Gasteiger partial charge in [-0.25, -0.2) is 15.0 Å². The number of pyridine rings is 1. The van der Waals surface area contributed by atoms with Gasteiger partial charge in [0.1, 0.15) is 12.1 Å². The molecular weight excluding hydrogens is 371 g/mol. The first-order chi connectivity index (χ1) is 13.7. The number of hydrogen-bond acceptors (Lipinski definition) is 8. The van der Waals surface area contributed by atoms with Crippen LogP contribution in [0.5, 0.6) is 17.5 Å². The predicted octanol–water partition coefficient (Wildman–Crippen LogP) is 2.71. The number of nitrogen functional groups attached to an aromatic ring is 1. The molecule has 0 atom stereocenters. The number of fused-ring (bicyclic) bond motifs is 1. The van der Waals surface area contributed by atoms with Crippen LogP contribution in [0, 0.1) is 0 Å². The van der Waals surface area contributed by atoms with Gasteiger partial charge in [0.05, 0.1) is 41.1 Å². The average Bonchev–Trinajstić information content (AvgIpc) is 2.90. The molecule has 1 aliphatic heterocycles. The molecule has 29 heavy (non-hydrogen) atoms. The normalized spacial score (nSPS) is 17.5. The van der Waals surface area contributed by atoms with E-state index < -0.39 is 18.3 Å². The van der Waals surface area contributed by atoms with E-state index in [1.54, 1.807) is 19.2 Å². The monoisotopic (exact) mass is 394 g/mol. The number of methoxy groups -OCH3 is 1. The van der Waals surface area contributed by atoms with Crippen LogP contribution in [0.3, 0.4) is 0 Å². The van der Waals surface area contributed by atoms with Crippen LogP contribution in [0.1, 0.15) is 27.7 Å². The van der Waals surface area contributed by atoms with Gasteiger partial charge >= 0.3 is 7.12 Å². The summed E-state index contributed by atoms with van der Waals surface area (Å²) in [4.78, 5) is 12.8. The first kappa shape index (κ1) is 19.4. The molecule has 9 heteroatoms. The van der Waals surface area contributed by atoms with Crippen molar-refractivity contribution in [3.8, 4) is 17.5 Å². The van der Waals surface area contributed by atoms with Crippen molar-refractivity contribution in [3.63, 3.8) is 0 Å². The molecule has 0 unspecified atom stereocenters. The second-order valence-corrected chi connectivity index (χ2v) is 7.91. The highest BCUT2D eigenvalue weighted by molar-refractivity contribution is 6.63. The average molecular weight is 394 g/mol. The zero-order valence-corrected chi connectivity index (χ0v) is 17.1. The van der Waals surface area contributed by atoms with Crippen molar-refractivity contribution >= 4 is 29.2 Å². The number of nitrogens with zero attached hydrogens (tertiary/aromatic N) is 3. The zero-order chi connectivity index (χ0) is 20.8. The molecule has 1 saturated heterocycles. The first-order valence-corrected chi connectivity index (χ1v) is 9.28. The lowest BCUT2D eigenvalue weighted by Gasteiger charge is -2.32. The number of aromatic nitrogens is 3. The topological polar surface area (TPSA) is 102 Å². The molecule has 0 aliphatic carbocycles. The Morgan fingerprint density at radius 3 is 2.34 bits per heavy atom. The van der Waals surface area contributed by atoms with E-state index in [4.69, 9.17) is 24.5 Å². The van der Waals surface area contributed by atoms with Gasteiger partial charge in [-0.1, -0.05) is 0 Å². The molecule has 2 aromatic heterocycles. The van der Waals surface area contributed by atoms with Gasteiger partial charge in [-0.15, -0.1) is 0 Å². The molecule has 8 nitrogen and oxygen atoms in total. The molecule has 2 N–H and O–H groups in total. The van der Waals surface area contributed by atoms with Crippen LogP contribution in [0.2, 0.25) is 0 Å². The minimum atomic E-state index is -0.595. The van der Waals surface area contributed by atoms with Crippen molar-refractivity contribution in [2.75, 3.05) is 12.8 Å². The fourth-order valence-corrected chi connectivity index (χ4v) is 3.04. The Morgan fingerprint density at radius 1 is 1.00 bits per heavy atom. The quantitative estimate of drug-likeness (QED) is 0.674. The molecule has 0 radical (unpaired) electrons. The molecule has 1 fully saturated rings. The van der Waals surface area contributed by atoms with Gasteiger partial charge < -0.3 is 24.5 Å². The molecule has 3 aromatic rings. The Kier molecular flexibility index (Phi) is 4.59. The van der Waals surface area contributed by atoms with Crippen molar-refractivity contribution in [3.05, 3.63) is 36.8 Å². The van der Waals surface area contributed by atoms with Crippen molar-refractivity contribution in [2.24, 2.45) is 0 Å². The molecular formula is C20H23BN4O4. The fourth-order valence-electron chi connectivity index (χ4n) is 3.04. The molecule has 0 amide bonds. The van der Waals surface area contributed by atoms with E-state index in [-0.39, 0.29) is 0 Å². The third kappa shape index (κ3) is 3.47. The number of anilines is 1. The minimum absolute atomic E-state index is 0.368. The van der Waals surface area contributed by atoms with Gasteiger partial charge in [0.2, 0.25) is 11.8 Å². The van der Waals surface area contributed by atoms with Crippen LogP contribution in [0.4, 0.5) is 5.69 Å². The second-order valence-electron chi connectivity index (χ2n) is 7.91.